The molecule has 96 valence electrons. The lowest BCUT2D eigenvalue weighted by Crippen LogP contribution is -2.41. The minimum absolute atomic E-state index is 0.0452. The molecule has 0 aromatic heterocycles. The van der Waals surface area contributed by atoms with Crippen LogP contribution in [0.2, 0.25) is 0 Å². The van der Waals surface area contributed by atoms with Gasteiger partial charge in [-0.25, -0.2) is 0 Å². The number of hydrogen-bond donors (Lipinski definition) is 1. The first-order chi connectivity index (χ1) is 8.22. The highest BCUT2D eigenvalue weighted by atomic mass is 16.2. The van der Waals surface area contributed by atoms with Crippen LogP contribution in [0.3, 0.4) is 0 Å². The Hall–Kier alpha value is -0.940. The Morgan fingerprint density at radius 1 is 1.29 bits per heavy atom. The maximum atomic E-state index is 11.8. The summed E-state index contributed by atoms with van der Waals surface area (Å²) in [6.45, 7) is 6.43. The molecule has 0 bridgehead atoms. The number of amides is 2. The van der Waals surface area contributed by atoms with E-state index in [9.17, 15) is 9.59 Å². The summed E-state index contributed by atoms with van der Waals surface area (Å²) in [6, 6.07) is -0.287. The molecule has 2 amide bonds. The smallest absolute Gasteiger partial charge is 0.246 e. The highest BCUT2D eigenvalue weighted by Gasteiger charge is 2.36. The van der Waals surface area contributed by atoms with E-state index >= 15 is 0 Å². The van der Waals surface area contributed by atoms with Crippen LogP contribution in [0.4, 0.5) is 0 Å². The zero-order chi connectivity index (χ0) is 12.3. The van der Waals surface area contributed by atoms with Crippen molar-refractivity contribution in [3.63, 3.8) is 0 Å². The van der Waals surface area contributed by atoms with Gasteiger partial charge in [0.15, 0.2) is 0 Å². The van der Waals surface area contributed by atoms with Crippen molar-refractivity contribution in [1.29, 1.82) is 0 Å². The predicted molar refractivity (Wildman–Crippen MR) is 64.5 cm³/mol. The van der Waals surface area contributed by atoms with E-state index in [4.69, 9.17) is 0 Å². The van der Waals surface area contributed by atoms with Crippen LogP contribution in [-0.2, 0) is 9.59 Å². The SMILES string of the molecule is CCN1C(=O)CC(NCCN2CCCC2)C1=O. The number of imide groups is 1. The monoisotopic (exact) mass is 239 g/mol. The first-order valence-electron chi connectivity index (χ1n) is 6.52. The van der Waals surface area contributed by atoms with E-state index in [2.05, 4.69) is 10.2 Å². The Morgan fingerprint density at radius 2 is 2.00 bits per heavy atom. The summed E-state index contributed by atoms with van der Waals surface area (Å²) in [5.74, 6) is -0.102. The average molecular weight is 239 g/mol. The van der Waals surface area contributed by atoms with Crippen molar-refractivity contribution in [1.82, 2.24) is 15.1 Å². The van der Waals surface area contributed by atoms with E-state index in [1.54, 1.807) is 0 Å². The fraction of sp³-hybridized carbons (Fsp3) is 0.833. The van der Waals surface area contributed by atoms with Crippen LogP contribution in [-0.4, -0.2) is 60.4 Å². The lowest BCUT2D eigenvalue weighted by molar-refractivity contribution is -0.138. The predicted octanol–water partition coefficient (Wildman–Crippen LogP) is -0.181. The maximum absolute atomic E-state index is 11.8. The third kappa shape index (κ3) is 2.84. The molecule has 2 aliphatic heterocycles. The van der Waals surface area contributed by atoms with Gasteiger partial charge in [-0.2, -0.15) is 0 Å². The number of likely N-dealkylation sites (tertiary alicyclic amines) is 2. The van der Waals surface area contributed by atoms with Crippen LogP contribution in [0.15, 0.2) is 0 Å². The Bertz CT molecular complexity index is 300. The first kappa shape index (κ1) is 12.5. The van der Waals surface area contributed by atoms with Crippen molar-refractivity contribution in [2.24, 2.45) is 0 Å². The van der Waals surface area contributed by atoms with Crippen molar-refractivity contribution in [3.8, 4) is 0 Å². The number of nitrogens with zero attached hydrogens (tertiary/aromatic N) is 2. The zero-order valence-electron chi connectivity index (χ0n) is 10.4. The highest BCUT2D eigenvalue weighted by molar-refractivity contribution is 6.05. The van der Waals surface area contributed by atoms with Crippen LogP contribution >= 0.6 is 0 Å². The summed E-state index contributed by atoms with van der Waals surface area (Å²) in [7, 11) is 0. The molecule has 1 unspecified atom stereocenters. The quantitative estimate of drug-likeness (QED) is 0.676. The Labute approximate surface area is 102 Å². The van der Waals surface area contributed by atoms with Gasteiger partial charge in [0, 0.05) is 19.6 Å². The summed E-state index contributed by atoms with van der Waals surface area (Å²) in [5, 5.41) is 3.20. The van der Waals surface area contributed by atoms with E-state index in [0.29, 0.717) is 13.0 Å². The van der Waals surface area contributed by atoms with Crippen LogP contribution in [0, 0.1) is 0 Å². The topological polar surface area (TPSA) is 52.7 Å². The van der Waals surface area contributed by atoms with E-state index < -0.39 is 0 Å². The Kier molecular flexibility index (Phi) is 4.12. The van der Waals surface area contributed by atoms with Gasteiger partial charge in [0.2, 0.25) is 11.8 Å². The van der Waals surface area contributed by atoms with Crippen LogP contribution in [0.1, 0.15) is 26.2 Å². The van der Waals surface area contributed by atoms with E-state index in [0.717, 1.165) is 13.1 Å². The third-order valence-corrected chi connectivity index (χ3v) is 3.58. The molecule has 2 saturated heterocycles. The lowest BCUT2D eigenvalue weighted by atomic mass is 10.2. The van der Waals surface area contributed by atoms with Gasteiger partial charge in [0.25, 0.3) is 0 Å². The average Bonchev–Trinajstić information content (AvgIpc) is 2.89. The molecule has 2 rings (SSSR count). The molecule has 0 radical (unpaired) electrons. The molecule has 17 heavy (non-hydrogen) atoms. The molecule has 0 saturated carbocycles. The molecule has 5 heteroatoms. The number of rotatable bonds is 5. The second-order valence-corrected chi connectivity index (χ2v) is 4.74. The molecule has 2 aliphatic rings. The van der Waals surface area contributed by atoms with Crippen LogP contribution < -0.4 is 5.32 Å². The molecule has 2 heterocycles. The zero-order valence-corrected chi connectivity index (χ0v) is 10.4. The summed E-state index contributed by atoms with van der Waals surface area (Å²) >= 11 is 0. The van der Waals surface area contributed by atoms with Crippen molar-refractivity contribution < 1.29 is 9.59 Å². The summed E-state index contributed by atoms with van der Waals surface area (Å²) < 4.78 is 0. The minimum atomic E-state index is -0.287. The van der Waals surface area contributed by atoms with Gasteiger partial charge >= 0.3 is 0 Å². The number of carbonyl (C=O) groups is 2. The van der Waals surface area contributed by atoms with E-state index in [-0.39, 0.29) is 17.9 Å². The van der Waals surface area contributed by atoms with Crippen molar-refractivity contribution in [2.45, 2.75) is 32.2 Å². The standard InChI is InChI=1S/C12H21N3O2/c1-2-15-11(16)9-10(12(15)17)13-5-8-14-6-3-4-7-14/h10,13H,2-9H2,1H3. The van der Waals surface area contributed by atoms with Crippen LogP contribution in [0.5, 0.6) is 0 Å². The molecule has 0 spiro atoms. The highest BCUT2D eigenvalue weighted by Crippen LogP contribution is 2.12. The number of carbonyl (C=O) groups excluding carboxylic acids is 2. The molecule has 1 N–H and O–H groups in total. The van der Waals surface area contributed by atoms with Crippen molar-refractivity contribution in [3.05, 3.63) is 0 Å². The van der Waals surface area contributed by atoms with Gasteiger partial charge in [-0.05, 0) is 32.9 Å². The van der Waals surface area contributed by atoms with Crippen LogP contribution in [0.25, 0.3) is 0 Å². The second kappa shape index (κ2) is 5.60. The third-order valence-electron chi connectivity index (χ3n) is 3.58. The molecular weight excluding hydrogens is 218 g/mol. The van der Waals surface area contributed by atoms with Crippen molar-refractivity contribution >= 4 is 11.8 Å². The minimum Gasteiger partial charge on any atom is -0.304 e. The van der Waals surface area contributed by atoms with Crippen molar-refractivity contribution in [2.75, 3.05) is 32.7 Å². The molecular formula is C12H21N3O2. The Morgan fingerprint density at radius 3 is 2.59 bits per heavy atom. The molecule has 5 nitrogen and oxygen atoms in total. The van der Waals surface area contributed by atoms with E-state index in [1.807, 2.05) is 6.92 Å². The summed E-state index contributed by atoms with van der Waals surface area (Å²) in [6.07, 6.45) is 2.89. The number of hydrogen-bond acceptors (Lipinski definition) is 4. The lowest BCUT2D eigenvalue weighted by Gasteiger charge is -2.17. The molecule has 0 aliphatic carbocycles. The molecule has 0 aromatic carbocycles. The summed E-state index contributed by atoms with van der Waals surface area (Å²) in [4.78, 5) is 27.0. The van der Waals surface area contributed by atoms with Gasteiger partial charge in [0.05, 0.1) is 12.5 Å². The van der Waals surface area contributed by atoms with Gasteiger partial charge in [-0.1, -0.05) is 0 Å². The molecule has 2 fully saturated rings. The molecule has 1 atom stereocenters. The maximum Gasteiger partial charge on any atom is 0.246 e. The first-order valence-corrected chi connectivity index (χ1v) is 6.52. The normalized spacial score (nSPS) is 26.2. The van der Waals surface area contributed by atoms with Gasteiger partial charge < -0.3 is 10.2 Å². The number of likely N-dealkylation sites (N-methyl/N-ethyl adjacent to an activating group) is 1. The second-order valence-electron chi connectivity index (χ2n) is 4.74. The largest absolute Gasteiger partial charge is 0.304 e. The van der Waals surface area contributed by atoms with Gasteiger partial charge in [0.1, 0.15) is 0 Å². The van der Waals surface area contributed by atoms with Gasteiger partial charge in [-0.15, -0.1) is 0 Å². The Balaban J connectivity index is 1.72. The van der Waals surface area contributed by atoms with Gasteiger partial charge in [-0.3, -0.25) is 14.5 Å². The fourth-order valence-corrected chi connectivity index (χ4v) is 2.58. The van der Waals surface area contributed by atoms with E-state index in [1.165, 1.54) is 30.8 Å². The summed E-state index contributed by atoms with van der Waals surface area (Å²) in [5.41, 5.74) is 0. The number of nitrogens with one attached hydrogen (secondary N) is 1. The molecule has 0 aromatic rings. The fourth-order valence-electron chi connectivity index (χ4n) is 2.58.